The van der Waals surface area contributed by atoms with Crippen LogP contribution >= 0.6 is 11.3 Å². The highest BCUT2D eigenvalue weighted by molar-refractivity contribution is 7.15. The highest BCUT2D eigenvalue weighted by atomic mass is 32.1. The molecule has 7 rings (SSSR count). The van der Waals surface area contributed by atoms with Gasteiger partial charge in [0.2, 0.25) is 0 Å². The van der Waals surface area contributed by atoms with Gasteiger partial charge in [-0.25, -0.2) is 32.3 Å². The summed E-state index contributed by atoms with van der Waals surface area (Å²) in [6.07, 6.45) is -0.661. The Hall–Kier alpha value is -4.70. The Morgan fingerprint density at radius 1 is 0.825 bits per heavy atom. The molecule has 2 aliphatic rings. The Kier molecular flexibility index (Phi) is 12.8. The smallest absolute Gasteiger partial charge is 0.419 e. The molecule has 15 heteroatoms. The van der Waals surface area contributed by atoms with Gasteiger partial charge in [-0.3, -0.25) is 4.90 Å². The first kappa shape index (κ1) is 46.3. The number of likely N-dealkylation sites (tertiary alicyclic amines) is 1. The van der Waals surface area contributed by atoms with Crippen molar-refractivity contribution in [3.8, 4) is 0 Å². The molecular formula is C48H60F3N5O5SSi. The Balaban J connectivity index is 1.28. The minimum absolute atomic E-state index is 0.0478. The van der Waals surface area contributed by atoms with Crippen LogP contribution in [-0.4, -0.2) is 101 Å². The summed E-state index contributed by atoms with van der Waals surface area (Å²) in [6, 6.07) is 24.8. The molecule has 5 aromatic rings. The van der Waals surface area contributed by atoms with E-state index in [1.807, 2.05) is 91.9 Å². The molecule has 3 aromatic carbocycles. The van der Waals surface area contributed by atoms with Crippen molar-refractivity contribution in [2.75, 3.05) is 31.6 Å². The number of anilines is 1. The summed E-state index contributed by atoms with van der Waals surface area (Å²) < 4.78 is 69.9. The number of thiazole rings is 1. The molecule has 1 fully saturated rings. The lowest BCUT2D eigenvalue weighted by molar-refractivity contribution is -0.0820. The third kappa shape index (κ3) is 9.71. The number of alkyl halides is 3. The fourth-order valence-electron chi connectivity index (χ4n) is 9.00. The van der Waals surface area contributed by atoms with E-state index < -0.39 is 80.1 Å². The molecule has 0 radical (unpaired) electrons. The van der Waals surface area contributed by atoms with Gasteiger partial charge < -0.3 is 24.1 Å². The summed E-state index contributed by atoms with van der Waals surface area (Å²) in [4.78, 5) is 35.5. The number of benzene rings is 3. The van der Waals surface area contributed by atoms with E-state index in [1.54, 1.807) is 52.6 Å². The van der Waals surface area contributed by atoms with E-state index in [9.17, 15) is 9.59 Å². The fraction of sp³-hybridized carbons (Fsp3) is 0.479. The van der Waals surface area contributed by atoms with E-state index in [4.69, 9.17) is 13.9 Å². The molecule has 0 spiro atoms. The number of halogens is 3. The quantitative estimate of drug-likeness (QED) is 0.139. The van der Waals surface area contributed by atoms with Crippen LogP contribution in [0.4, 0.5) is 27.9 Å². The first-order chi connectivity index (χ1) is 29.5. The number of nitrogens with zero attached hydrogens (tertiary/aromatic N) is 4. The highest BCUT2D eigenvalue weighted by Crippen LogP contribution is 2.46. The van der Waals surface area contributed by atoms with Gasteiger partial charge in [-0.05, 0) is 81.9 Å². The summed E-state index contributed by atoms with van der Waals surface area (Å²) in [5, 5.41) is 5.62. The molecule has 1 saturated heterocycles. The number of fused-ring (bicyclic) bond motifs is 3. The highest BCUT2D eigenvalue weighted by Gasteiger charge is 2.53. The maximum absolute atomic E-state index is 17.3. The van der Waals surface area contributed by atoms with Crippen molar-refractivity contribution in [3.05, 3.63) is 107 Å². The van der Waals surface area contributed by atoms with Crippen molar-refractivity contribution in [3.63, 3.8) is 0 Å². The molecule has 338 valence electrons. The van der Waals surface area contributed by atoms with Crippen molar-refractivity contribution in [1.29, 1.82) is 0 Å². The van der Waals surface area contributed by atoms with E-state index in [1.165, 1.54) is 20.8 Å². The van der Waals surface area contributed by atoms with Crippen molar-refractivity contribution >= 4 is 58.2 Å². The van der Waals surface area contributed by atoms with Gasteiger partial charge >= 0.3 is 12.2 Å². The van der Waals surface area contributed by atoms with Crippen LogP contribution in [0.1, 0.15) is 91.4 Å². The van der Waals surface area contributed by atoms with Gasteiger partial charge in [0.15, 0.2) is 5.13 Å². The van der Waals surface area contributed by atoms with Crippen molar-refractivity contribution in [2.24, 2.45) is 0 Å². The van der Waals surface area contributed by atoms with Gasteiger partial charge in [0.05, 0.1) is 43.0 Å². The lowest BCUT2D eigenvalue weighted by Crippen LogP contribution is -2.67. The minimum atomic E-state index is -3.37. The molecule has 4 atom stereocenters. The van der Waals surface area contributed by atoms with Gasteiger partial charge in [-0.2, -0.15) is 0 Å². The summed E-state index contributed by atoms with van der Waals surface area (Å²) in [6.45, 7) is 17.0. The summed E-state index contributed by atoms with van der Waals surface area (Å²) in [5.41, 5.74) is 0.382. The monoisotopic (exact) mass is 903 g/mol. The zero-order valence-corrected chi connectivity index (χ0v) is 39.7. The second-order valence-corrected chi connectivity index (χ2v) is 25.2. The van der Waals surface area contributed by atoms with Crippen molar-refractivity contribution in [2.45, 2.75) is 122 Å². The molecule has 0 bridgehead atoms. The Morgan fingerprint density at radius 2 is 1.40 bits per heavy atom. The number of para-hydroxylation sites is 1. The van der Waals surface area contributed by atoms with Crippen LogP contribution in [-0.2, 0) is 20.3 Å². The number of aromatic nitrogens is 2. The third-order valence-corrected chi connectivity index (χ3v) is 17.5. The largest absolute Gasteiger partial charge is 0.444 e. The normalized spacial score (nSPS) is 20.2. The van der Waals surface area contributed by atoms with Gasteiger partial charge in [-0.1, -0.05) is 99.6 Å². The first-order valence-electron chi connectivity index (χ1n) is 21.6. The zero-order chi connectivity index (χ0) is 45.7. The summed E-state index contributed by atoms with van der Waals surface area (Å²) >= 11 is 1.20. The third-order valence-electron chi connectivity index (χ3n) is 11.6. The molecular weight excluding hydrogens is 844 g/mol. The Labute approximate surface area is 373 Å². The molecule has 0 aliphatic carbocycles. The van der Waals surface area contributed by atoms with Crippen LogP contribution in [0.25, 0.3) is 10.9 Å². The lowest BCUT2D eigenvalue weighted by Gasteiger charge is -2.45. The molecule has 0 unspecified atom stereocenters. The number of ether oxygens (including phenoxy) is 2. The molecule has 63 heavy (non-hydrogen) atoms. The van der Waals surface area contributed by atoms with E-state index in [0.717, 1.165) is 21.3 Å². The maximum atomic E-state index is 17.3. The molecule has 4 heterocycles. The van der Waals surface area contributed by atoms with Gasteiger partial charge in [0.1, 0.15) is 17.4 Å². The number of nitrogens with one attached hydrogen (secondary N) is 1. The Bertz CT molecular complexity index is 2370. The van der Waals surface area contributed by atoms with E-state index in [2.05, 4.69) is 31.1 Å². The second kappa shape index (κ2) is 17.4. The van der Waals surface area contributed by atoms with Crippen molar-refractivity contribution < 1.29 is 36.7 Å². The summed E-state index contributed by atoms with van der Waals surface area (Å²) in [5.74, 6) is -3.37. The van der Waals surface area contributed by atoms with Gasteiger partial charge in [-0.15, -0.1) is 11.3 Å². The van der Waals surface area contributed by atoms with Crippen LogP contribution in [0.3, 0.4) is 0 Å². The van der Waals surface area contributed by atoms with Crippen LogP contribution in [0.15, 0.2) is 91.1 Å². The fourth-order valence-corrected chi connectivity index (χ4v) is 14.6. The van der Waals surface area contributed by atoms with Crippen LogP contribution < -0.4 is 15.7 Å². The minimum Gasteiger partial charge on any atom is -0.444 e. The van der Waals surface area contributed by atoms with Gasteiger partial charge in [0.25, 0.3) is 14.2 Å². The second-order valence-electron chi connectivity index (χ2n) is 19.9. The van der Waals surface area contributed by atoms with Crippen LogP contribution in [0, 0.1) is 0 Å². The molecule has 10 nitrogen and oxygen atoms in total. The SMILES string of the molecule is C[C@@H]1Cc2c(n(C(=O)OC(C)(C)C)c3ccccc23)[C@@H](c2cnc(N[C@H]3CN(C(=O)OC(C)(C)C)C[C@@H]3F)s2)N1CC(F)(F)CO[Si](c1ccccc1)(c1ccccc1)C(C)(C)C. The van der Waals surface area contributed by atoms with E-state index >= 15 is 13.2 Å². The topological polar surface area (TPSA) is 98.2 Å². The van der Waals surface area contributed by atoms with E-state index in [-0.39, 0.29) is 13.1 Å². The standard InChI is InChI=1S/C48H60F3N5O5SSi/c1-31-25-35-34-23-17-18-24-38(34)56(44(58)61-46(5,6)7)40(35)41(39-26-52-42(62-39)53-37-28-54(27-36(37)49)43(57)60-45(2,3)4)55(31)29-48(50,51)30-59-63(47(8,9)10,32-19-13-11-14-20-32)33-21-15-12-16-22-33/h11-24,26,31,36-37,41H,25,27-30H2,1-10H3,(H,52,53)/t31-,36+,37+,41-/m1/s1. The van der Waals surface area contributed by atoms with Crippen molar-refractivity contribution in [1.82, 2.24) is 19.4 Å². The van der Waals surface area contributed by atoms with E-state index in [0.29, 0.717) is 27.6 Å². The van der Waals surface area contributed by atoms with Gasteiger partial charge in [0, 0.05) is 29.0 Å². The molecule has 1 N–H and O–H groups in total. The predicted molar refractivity (Wildman–Crippen MR) is 246 cm³/mol. The lowest BCUT2D eigenvalue weighted by atomic mass is 9.91. The molecule has 2 aromatic heterocycles. The number of carbonyl (C=O) groups excluding carboxylic acids is 2. The average Bonchev–Trinajstić information content (AvgIpc) is 3.90. The number of hydrogen-bond donors (Lipinski definition) is 1. The predicted octanol–water partition coefficient (Wildman–Crippen LogP) is 9.80. The summed E-state index contributed by atoms with van der Waals surface area (Å²) in [7, 11) is -3.34. The van der Waals surface area contributed by atoms with Crippen LogP contribution in [0.5, 0.6) is 0 Å². The molecule has 1 amide bonds. The van der Waals surface area contributed by atoms with Crippen LogP contribution in [0.2, 0.25) is 5.04 Å². The molecule has 2 aliphatic heterocycles. The number of carbonyl (C=O) groups is 2. The maximum Gasteiger partial charge on any atom is 0.419 e. The number of rotatable bonds is 10. The first-order valence-corrected chi connectivity index (χ1v) is 24.3. The average molecular weight is 904 g/mol. The number of amides is 1. The zero-order valence-electron chi connectivity index (χ0n) is 37.9. The number of hydrogen-bond acceptors (Lipinski definition) is 9. The Morgan fingerprint density at radius 3 is 1.98 bits per heavy atom. The molecule has 0 saturated carbocycles.